The van der Waals surface area contributed by atoms with E-state index < -0.39 is 0 Å². The molecule has 2 N–H and O–H groups in total. The summed E-state index contributed by atoms with van der Waals surface area (Å²) in [6.45, 7) is 2.12. The lowest BCUT2D eigenvalue weighted by Gasteiger charge is -2.17. The molecular weight excluding hydrogens is 318 g/mol. The summed E-state index contributed by atoms with van der Waals surface area (Å²) >= 11 is 3.42. The molecule has 5 nitrogen and oxygen atoms in total. The van der Waals surface area contributed by atoms with E-state index in [1.807, 2.05) is 18.3 Å². The fourth-order valence-electron chi connectivity index (χ4n) is 2.14. The molecule has 3 rings (SSSR count). The molecule has 0 aromatic carbocycles. The van der Waals surface area contributed by atoms with Crippen molar-refractivity contribution in [1.82, 2.24) is 19.9 Å². The van der Waals surface area contributed by atoms with Crippen LogP contribution in [0.15, 0.2) is 41.4 Å². The van der Waals surface area contributed by atoms with Crippen LogP contribution >= 0.6 is 15.9 Å². The van der Waals surface area contributed by atoms with Gasteiger partial charge in [0.15, 0.2) is 0 Å². The number of H-pyrrole nitrogens is 1. The molecule has 0 bridgehead atoms. The second kappa shape index (κ2) is 5.58. The molecule has 0 aliphatic carbocycles. The molecule has 3 aromatic heterocycles. The van der Waals surface area contributed by atoms with Crippen LogP contribution in [0.1, 0.15) is 25.2 Å². The Morgan fingerprint density at radius 3 is 2.95 bits per heavy atom. The second-order valence-electron chi connectivity index (χ2n) is 4.46. The van der Waals surface area contributed by atoms with Crippen LogP contribution in [0.3, 0.4) is 0 Å². The second-order valence-corrected chi connectivity index (χ2v) is 5.38. The first kappa shape index (κ1) is 13.1. The summed E-state index contributed by atoms with van der Waals surface area (Å²) in [6, 6.07) is 4.02. The summed E-state index contributed by atoms with van der Waals surface area (Å²) in [4.78, 5) is 16.3. The smallest absolute Gasteiger partial charge is 0.128 e. The molecule has 0 fully saturated rings. The van der Waals surface area contributed by atoms with Crippen molar-refractivity contribution in [1.29, 1.82) is 0 Å². The largest absolute Gasteiger partial charge is 0.373 e. The fourth-order valence-corrected chi connectivity index (χ4v) is 2.46. The zero-order valence-electron chi connectivity index (χ0n) is 11.0. The molecule has 0 spiro atoms. The number of nitrogens with zero attached hydrogens (tertiary/aromatic N) is 3. The summed E-state index contributed by atoms with van der Waals surface area (Å²) in [7, 11) is 0. The summed E-state index contributed by atoms with van der Waals surface area (Å²) in [5.74, 6) is 0.926. The standard InChI is InChI=1S/C14H14BrN5/c1-2-10(14-17-5-6-18-14)20-11-3-4-16-12-7-9(15)8-19-13(11)12/h3-8,10H,2H2,1H3,(H,16,20)(H,17,18). The number of nitrogens with one attached hydrogen (secondary N) is 2. The van der Waals surface area contributed by atoms with Gasteiger partial charge in [0.2, 0.25) is 0 Å². The van der Waals surface area contributed by atoms with Gasteiger partial charge < -0.3 is 10.3 Å². The van der Waals surface area contributed by atoms with Crippen LogP contribution in [0.25, 0.3) is 11.0 Å². The third-order valence-electron chi connectivity index (χ3n) is 3.13. The van der Waals surface area contributed by atoms with Gasteiger partial charge >= 0.3 is 0 Å². The number of halogens is 1. The zero-order chi connectivity index (χ0) is 13.9. The van der Waals surface area contributed by atoms with E-state index in [9.17, 15) is 0 Å². The summed E-state index contributed by atoms with van der Waals surface area (Å²) in [6.07, 6.45) is 8.09. The Bertz CT molecular complexity index is 711. The van der Waals surface area contributed by atoms with E-state index in [-0.39, 0.29) is 6.04 Å². The van der Waals surface area contributed by atoms with Gasteiger partial charge in [0.25, 0.3) is 0 Å². The summed E-state index contributed by atoms with van der Waals surface area (Å²) < 4.78 is 0.924. The number of hydrogen-bond acceptors (Lipinski definition) is 4. The highest BCUT2D eigenvalue weighted by atomic mass is 79.9. The highest BCUT2D eigenvalue weighted by Gasteiger charge is 2.13. The lowest BCUT2D eigenvalue weighted by atomic mass is 10.2. The van der Waals surface area contributed by atoms with Gasteiger partial charge in [0, 0.05) is 29.3 Å². The summed E-state index contributed by atoms with van der Waals surface area (Å²) in [5.41, 5.74) is 2.69. The van der Waals surface area contributed by atoms with Gasteiger partial charge in [-0.05, 0) is 34.5 Å². The van der Waals surface area contributed by atoms with Gasteiger partial charge in [-0.3, -0.25) is 9.97 Å². The maximum absolute atomic E-state index is 4.45. The monoisotopic (exact) mass is 331 g/mol. The molecule has 6 heteroatoms. The van der Waals surface area contributed by atoms with Gasteiger partial charge in [0.05, 0.1) is 17.2 Å². The van der Waals surface area contributed by atoms with Crippen molar-refractivity contribution in [2.24, 2.45) is 0 Å². The number of hydrogen-bond donors (Lipinski definition) is 2. The molecule has 3 aromatic rings. The van der Waals surface area contributed by atoms with Crippen LogP contribution in [0, 0.1) is 0 Å². The topological polar surface area (TPSA) is 66.5 Å². The predicted molar refractivity (Wildman–Crippen MR) is 82.5 cm³/mol. The van der Waals surface area contributed by atoms with Crippen molar-refractivity contribution in [3.63, 3.8) is 0 Å². The molecule has 0 aliphatic heterocycles. The number of fused-ring (bicyclic) bond motifs is 1. The third-order valence-corrected chi connectivity index (χ3v) is 3.57. The van der Waals surface area contributed by atoms with E-state index in [4.69, 9.17) is 0 Å². The minimum atomic E-state index is 0.126. The van der Waals surface area contributed by atoms with Crippen molar-refractivity contribution in [2.45, 2.75) is 19.4 Å². The first-order valence-electron chi connectivity index (χ1n) is 6.44. The molecule has 0 radical (unpaired) electrons. The molecule has 1 unspecified atom stereocenters. The van der Waals surface area contributed by atoms with Crippen molar-refractivity contribution in [3.05, 3.63) is 47.2 Å². The van der Waals surface area contributed by atoms with Gasteiger partial charge in [-0.15, -0.1) is 0 Å². The molecule has 0 saturated heterocycles. The van der Waals surface area contributed by atoms with Gasteiger partial charge in [-0.25, -0.2) is 4.98 Å². The van der Waals surface area contributed by atoms with Crippen molar-refractivity contribution >= 4 is 32.7 Å². The third kappa shape index (κ3) is 2.51. The van der Waals surface area contributed by atoms with Crippen molar-refractivity contribution < 1.29 is 0 Å². The predicted octanol–water partition coefficient (Wildman–Crippen LogP) is 3.68. The van der Waals surface area contributed by atoms with Crippen LogP contribution in [-0.2, 0) is 0 Å². The van der Waals surface area contributed by atoms with E-state index >= 15 is 0 Å². The molecule has 0 amide bonds. The first-order valence-corrected chi connectivity index (χ1v) is 7.23. The van der Waals surface area contributed by atoms with Crippen molar-refractivity contribution in [3.8, 4) is 0 Å². The zero-order valence-corrected chi connectivity index (χ0v) is 12.6. The normalized spacial score (nSPS) is 12.5. The van der Waals surface area contributed by atoms with Crippen LogP contribution in [-0.4, -0.2) is 19.9 Å². The average Bonchev–Trinajstić information content (AvgIpc) is 2.98. The van der Waals surface area contributed by atoms with Crippen LogP contribution in [0.4, 0.5) is 5.69 Å². The maximum Gasteiger partial charge on any atom is 0.128 e. The highest BCUT2D eigenvalue weighted by molar-refractivity contribution is 9.10. The summed E-state index contributed by atoms with van der Waals surface area (Å²) in [5, 5.41) is 3.48. The Morgan fingerprint density at radius 2 is 2.20 bits per heavy atom. The Kier molecular flexibility index (Phi) is 3.64. The SMILES string of the molecule is CCC(Nc1ccnc2cc(Br)cnc12)c1ncc[nH]1. The number of pyridine rings is 2. The van der Waals surface area contributed by atoms with Gasteiger partial charge in [-0.1, -0.05) is 6.92 Å². The Morgan fingerprint density at radius 1 is 1.30 bits per heavy atom. The van der Waals surface area contributed by atoms with Crippen LogP contribution < -0.4 is 5.32 Å². The Balaban J connectivity index is 1.98. The molecule has 1 atom stereocenters. The van der Waals surface area contributed by atoms with E-state index in [2.05, 4.69) is 48.1 Å². The van der Waals surface area contributed by atoms with Gasteiger partial charge in [0.1, 0.15) is 11.3 Å². The Hall–Kier alpha value is -1.95. The van der Waals surface area contributed by atoms with Crippen molar-refractivity contribution in [2.75, 3.05) is 5.32 Å². The molecule has 20 heavy (non-hydrogen) atoms. The quantitative estimate of drug-likeness (QED) is 0.765. The number of imidazole rings is 1. The molecule has 0 aliphatic rings. The number of aromatic amines is 1. The number of aromatic nitrogens is 4. The highest BCUT2D eigenvalue weighted by Crippen LogP contribution is 2.26. The maximum atomic E-state index is 4.45. The molecular formula is C14H14BrN5. The molecule has 3 heterocycles. The van der Waals surface area contributed by atoms with E-state index in [0.717, 1.165) is 33.4 Å². The first-order chi connectivity index (χ1) is 9.78. The molecule has 0 saturated carbocycles. The van der Waals surface area contributed by atoms with E-state index in [0.29, 0.717) is 0 Å². The molecule has 102 valence electrons. The number of anilines is 1. The lowest BCUT2D eigenvalue weighted by molar-refractivity contribution is 0.704. The van der Waals surface area contributed by atoms with E-state index in [1.54, 1.807) is 18.6 Å². The average molecular weight is 332 g/mol. The fraction of sp³-hybridized carbons (Fsp3) is 0.214. The van der Waals surface area contributed by atoms with E-state index in [1.165, 1.54) is 0 Å². The number of rotatable bonds is 4. The minimum absolute atomic E-state index is 0.126. The Labute approximate surface area is 125 Å². The van der Waals surface area contributed by atoms with Gasteiger partial charge in [-0.2, -0.15) is 0 Å². The van der Waals surface area contributed by atoms with Crippen LogP contribution in [0.5, 0.6) is 0 Å². The minimum Gasteiger partial charge on any atom is -0.373 e. The lowest BCUT2D eigenvalue weighted by Crippen LogP contribution is -2.12. The van der Waals surface area contributed by atoms with Crippen LogP contribution in [0.2, 0.25) is 0 Å².